The van der Waals surface area contributed by atoms with Crippen molar-refractivity contribution in [1.82, 2.24) is 24.6 Å². The number of hydrogen-bond donors (Lipinski definition) is 0. The average Bonchev–Trinajstić information content (AvgIpc) is 3.17. The summed E-state index contributed by atoms with van der Waals surface area (Å²) < 4.78 is 7.04. The van der Waals surface area contributed by atoms with E-state index in [9.17, 15) is 4.79 Å². The van der Waals surface area contributed by atoms with Crippen LogP contribution in [-0.4, -0.2) is 50.8 Å². The first-order valence-corrected chi connectivity index (χ1v) is 10.2. The smallest absolute Gasteiger partial charge is 0.261 e. The summed E-state index contributed by atoms with van der Waals surface area (Å²) in [5, 5.41) is 4.71. The van der Waals surface area contributed by atoms with Crippen molar-refractivity contribution < 1.29 is 4.52 Å². The van der Waals surface area contributed by atoms with E-state index in [4.69, 9.17) is 4.52 Å². The second-order valence-corrected chi connectivity index (χ2v) is 8.22. The maximum atomic E-state index is 12.6. The molecular weight excluding hydrogens is 368 g/mol. The number of fused-ring (bicyclic) bond motifs is 1. The minimum atomic E-state index is 0.0155. The van der Waals surface area contributed by atoms with Crippen LogP contribution in [0, 0.1) is 0 Å². The van der Waals surface area contributed by atoms with E-state index in [1.165, 1.54) is 0 Å². The molecule has 8 nitrogen and oxygen atoms in total. The van der Waals surface area contributed by atoms with Crippen LogP contribution in [0.2, 0.25) is 0 Å². The zero-order chi connectivity index (χ0) is 20.5. The van der Waals surface area contributed by atoms with E-state index >= 15 is 0 Å². The Kier molecular flexibility index (Phi) is 5.36. The van der Waals surface area contributed by atoms with E-state index in [0.717, 1.165) is 43.2 Å². The second kappa shape index (κ2) is 7.94. The summed E-state index contributed by atoms with van der Waals surface area (Å²) in [5.74, 6) is 1.72. The topological polar surface area (TPSA) is 80.3 Å². The summed E-state index contributed by atoms with van der Waals surface area (Å²) in [6.45, 7) is 12.4. The summed E-state index contributed by atoms with van der Waals surface area (Å²) in [5.41, 5.74) is 1.87. The lowest BCUT2D eigenvalue weighted by molar-refractivity contribution is 0.215. The highest BCUT2D eigenvalue weighted by Gasteiger charge is 2.20. The summed E-state index contributed by atoms with van der Waals surface area (Å²) in [6, 6.07) is 6.04. The molecule has 0 radical (unpaired) electrons. The highest BCUT2D eigenvalue weighted by molar-refractivity contribution is 5.81. The van der Waals surface area contributed by atoms with Gasteiger partial charge in [0.05, 0.1) is 23.8 Å². The van der Waals surface area contributed by atoms with Gasteiger partial charge in [-0.1, -0.05) is 19.0 Å². The molecule has 8 heteroatoms. The molecule has 1 aromatic carbocycles. The molecule has 3 aromatic rings. The van der Waals surface area contributed by atoms with Gasteiger partial charge < -0.3 is 9.42 Å². The molecule has 0 unspecified atom stereocenters. The Morgan fingerprint density at radius 1 is 1.10 bits per heavy atom. The van der Waals surface area contributed by atoms with Crippen molar-refractivity contribution in [2.75, 3.05) is 31.1 Å². The predicted molar refractivity (Wildman–Crippen MR) is 112 cm³/mol. The minimum Gasteiger partial charge on any atom is -0.369 e. The first kappa shape index (κ1) is 19.6. The van der Waals surface area contributed by atoms with E-state index in [2.05, 4.69) is 38.8 Å². The first-order valence-electron chi connectivity index (χ1n) is 10.2. The van der Waals surface area contributed by atoms with Gasteiger partial charge in [-0.15, -0.1) is 0 Å². The van der Waals surface area contributed by atoms with E-state index in [-0.39, 0.29) is 17.5 Å². The highest BCUT2D eigenvalue weighted by Crippen LogP contribution is 2.21. The molecule has 1 fully saturated rings. The molecule has 0 bridgehead atoms. The molecule has 1 aliphatic rings. The molecule has 0 saturated carbocycles. The zero-order valence-corrected chi connectivity index (χ0v) is 17.5. The van der Waals surface area contributed by atoms with Crippen LogP contribution in [0.3, 0.4) is 0 Å². The van der Waals surface area contributed by atoms with Crippen LogP contribution in [0.15, 0.2) is 33.8 Å². The molecule has 2 aromatic heterocycles. The van der Waals surface area contributed by atoms with Crippen LogP contribution in [-0.2, 0) is 6.54 Å². The maximum absolute atomic E-state index is 12.6. The number of piperazine rings is 1. The molecule has 4 rings (SSSR count). The summed E-state index contributed by atoms with van der Waals surface area (Å²) in [4.78, 5) is 26.2. The SMILES string of the molecule is CC(C)c1noc(CN2CCN(c3ccc4c(=O)n(C(C)C)cnc4c3)CC2)n1. The highest BCUT2D eigenvalue weighted by atomic mass is 16.5. The molecular formula is C21H28N6O2. The van der Waals surface area contributed by atoms with Crippen molar-refractivity contribution >= 4 is 16.6 Å². The Balaban J connectivity index is 1.43. The second-order valence-electron chi connectivity index (χ2n) is 8.22. The van der Waals surface area contributed by atoms with Gasteiger partial charge in [0.1, 0.15) is 0 Å². The van der Waals surface area contributed by atoms with Crippen molar-refractivity contribution in [2.45, 2.75) is 46.2 Å². The molecule has 154 valence electrons. The van der Waals surface area contributed by atoms with Crippen LogP contribution >= 0.6 is 0 Å². The molecule has 3 heterocycles. The van der Waals surface area contributed by atoms with Crippen molar-refractivity contribution in [3.8, 4) is 0 Å². The Hall–Kier alpha value is -2.74. The Morgan fingerprint density at radius 3 is 2.52 bits per heavy atom. The molecule has 1 saturated heterocycles. The zero-order valence-electron chi connectivity index (χ0n) is 17.5. The lowest BCUT2D eigenvalue weighted by Gasteiger charge is -2.35. The lowest BCUT2D eigenvalue weighted by Crippen LogP contribution is -2.46. The van der Waals surface area contributed by atoms with E-state index in [1.807, 2.05) is 32.0 Å². The molecule has 0 amide bonds. The molecule has 0 aliphatic carbocycles. The van der Waals surface area contributed by atoms with Crippen LogP contribution in [0.25, 0.3) is 10.9 Å². The minimum absolute atomic E-state index is 0.0155. The van der Waals surface area contributed by atoms with Gasteiger partial charge in [-0.25, -0.2) is 4.98 Å². The number of aromatic nitrogens is 4. The van der Waals surface area contributed by atoms with Crippen LogP contribution < -0.4 is 10.5 Å². The van der Waals surface area contributed by atoms with Crippen molar-refractivity contribution in [2.24, 2.45) is 0 Å². The fourth-order valence-corrected chi connectivity index (χ4v) is 3.61. The number of benzene rings is 1. The standard InChI is InChI=1S/C21H28N6O2/c1-14(2)20-23-19(29-24-20)12-25-7-9-26(10-8-25)16-5-6-17-18(11-16)22-13-27(15(3)4)21(17)28/h5-6,11,13-15H,7-10,12H2,1-4H3. The predicted octanol–water partition coefficient (Wildman–Crippen LogP) is 2.81. The van der Waals surface area contributed by atoms with Crippen LogP contribution in [0.4, 0.5) is 5.69 Å². The molecule has 0 atom stereocenters. The van der Waals surface area contributed by atoms with Gasteiger partial charge in [0.15, 0.2) is 5.82 Å². The van der Waals surface area contributed by atoms with E-state index < -0.39 is 0 Å². The van der Waals surface area contributed by atoms with Gasteiger partial charge in [-0.2, -0.15) is 4.98 Å². The van der Waals surface area contributed by atoms with Crippen molar-refractivity contribution in [1.29, 1.82) is 0 Å². The third kappa shape index (κ3) is 4.03. The lowest BCUT2D eigenvalue weighted by atomic mass is 10.2. The monoisotopic (exact) mass is 396 g/mol. The number of hydrogen-bond acceptors (Lipinski definition) is 7. The third-order valence-electron chi connectivity index (χ3n) is 5.42. The van der Waals surface area contributed by atoms with Crippen molar-refractivity contribution in [3.05, 3.63) is 46.6 Å². The summed E-state index contributed by atoms with van der Waals surface area (Å²) in [6.07, 6.45) is 1.65. The van der Waals surface area contributed by atoms with Crippen molar-refractivity contribution in [3.63, 3.8) is 0 Å². The number of nitrogens with zero attached hydrogens (tertiary/aromatic N) is 6. The fourth-order valence-electron chi connectivity index (χ4n) is 3.61. The largest absolute Gasteiger partial charge is 0.369 e. The summed E-state index contributed by atoms with van der Waals surface area (Å²) in [7, 11) is 0. The fraction of sp³-hybridized carbons (Fsp3) is 0.524. The normalized spacial score (nSPS) is 15.7. The quantitative estimate of drug-likeness (QED) is 0.656. The Morgan fingerprint density at radius 2 is 1.86 bits per heavy atom. The van der Waals surface area contributed by atoms with Gasteiger partial charge in [-0.3, -0.25) is 14.3 Å². The van der Waals surface area contributed by atoms with Gasteiger partial charge in [0.2, 0.25) is 5.89 Å². The number of rotatable bonds is 5. The van der Waals surface area contributed by atoms with Gasteiger partial charge in [0.25, 0.3) is 5.56 Å². The number of anilines is 1. The molecule has 29 heavy (non-hydrogen) atoms. The third-order valence-corrected chi connectivity index (χ3v) is 5.42. The van der Waals surface area contributed by atoms with Gasteiger partial charge >= 0.3 is 0 Å². The molecule has 1 aliphatic heterocycles. The van der Waals surface area contributed by atoms with E-state index in [1.54, 1.807) is 10.9 Å². The van der Waals surface area contributed by atoms with E-state index in [0.29, 0.717) is 17.8 Å². The average molecular weight is 396 g/mol. The maximum Gasteiger partial charge on any atom is 0.261 e. The molecule has 0 N–H and O–H groups in total. The Bertz CT molecular complexity index is 1050. The van der Waals surface area contributed by atoms with Crippen LogP contribution in [0.1, 0.15) is 51.4 Å². The molecule has 0 spiro atoms. The van der Waals surface area contributed by atoms with Crippen LogP contribution in [0.5, 0.6) is 0 Å². The van der Waals surface area contributed by atoms with Gasteiger partial charge in [0, 0.05) is 43.8 Å². The Labute approximate surface area is 170 Å². The summed E-state index contributed by atoms with van der Waals surface area (Å²) >= 11 is 0. The first-order chi connectivity index (χ1) is 13.9. The van der Waals surface area contributed by atoms with Gasteiger partial charge in [-0.05, 0) is 32.0 Å².